The number of anilines is 1. The zero-order valence-corrected chi connectivity index (χ0v) is 13.4. The maximum atomic E-state index is 13.6. The van der Waals surface area contributed by atoms with Gasteiger partial charge in [0, 0.05) is 29.3 Å². The van der Waals surface area contributed by atoms with E-state index in [0.29, 0.717) is 11.0 Å². The molecule has 9 heteroatoms. The highest BCUT2D eigenvalue weighted by atomic mass is 19.1. The summed E-state index contributed by atoms with van der Waals surface area (Å²) < 4.78 is 15.0. The van der Waals surface area contributed by atoms with Crippen molar-refractivity contribution in [1.82, 2.24) is 14.5 Å². The number of hydrogen-bond acceptors (Lipinski definition) is 6. The molecule has 0 fully saturated rings. The molecule has 0 saturated heterocycles. The molecule has 2 heterocycles. The first kappa shape index (κ1) is 16.5. The maximum Gasteiger partial charge on any atom is 0.305 e. The molecule has 25 heavy (non-hydrogen) atoms. The molecule has 2 aromatic heterocycles. The van der Waals surface area contributed by atoms with Crippen LogP contribution in [0.3, 0.4) is 0 Å². The molecular weight excluding hydrogens is 329 g/mol. The summed E-state index contributed by atoms with van der Waals surface area (Å²) in [5.41, 5.74) is 5.32. The maximum absolute atomic E-state index is 13.6. The van der Waals surface area contributed by atoms with Crippen LogP contribution in [0.15, 0.2) is 35.3 Å². The van der Waals surface area contributed by atoms with Gasteiger partial charge in [0.2, 0.25) is 11.8 Å². The first-order valence-electron chi connectivity index (χ1n) is 7.41. The van der Waals surface area contributed by atoms with Crippen LogP contribution in [0.25, 0.3) is 22.2 Å². The summed E-state index contributed by atoms with van der Waals surface area (Å²) >= 11 is 0. The zero-order chi connectivity index (χ0) is 18.3. The highest BCUT2D eigenvalue weighted by molar-refractivity contribution is 5.82. The summed E-state index contributed by atoms with van der Waals surface area (Å²) in [6.45, 7) is 3.60. The molecule has 2 N–H and O–H groups in total. The van der Waals surface area contributed by atoms with Gasteiger partial charge >= 0.3 is 5.69 Å². The van der Waals surface area contributed by atoms with Crippen LogP contribution in [0, 0.1) is 15.9 Å². The number of rotatable bonds is 3. The van der Waals surface area contributed by atoms with E-state index < -0.39 is 22.0 Å². The first-order valence-corrected chi connectivity index (χ1v) is 7.41. The minimum Gasteiger partial charge on any atom is -0.368 e. The van der Waals surface area contributed by atoms with E-state index in [4.69, 9.17) is 5.73 Å². The molecule has 3 aromatic rings. The molecule has 0 aliphatic carbocycles. The van der Waals surface area contributed by atoms with Crippen molar-refractivity contribution in [2.24, 2.45) is 0 Å². The number of nitro benzene ring substituents is 1. The topological polar surface area (TPSA) is 117 Å². The third-order valence-electron chi connectivity index (χ3n) is 3.76. The Hall–Kier alpha value is -3.36. The summed E-state index contributed by atoms with van der Waals surface area (Å²) in [7, 11) is 0. The second-order valence-electron chi connectivity index (χ2n) is 5.76. The number of nitro groups is 1. The van der Waals surface area contributed by atoms with Crippen LogP contribution in [0.4, 0.5) is 16.0 Å². The molecule has 1 aromatic carbocycles. The highest BCUT2D eigenvalue weighted by Crippen LogP contribution is 2.27. The van der Waals surface area contributed by atoms with Crippen molar-refractivity contribution in [3.8, 4) is 11.1 Å². The lowest BCUT2D eigenvalue weighted by Crippen LogP contribution is -2.25. The molecule has 0 bridgehead atoms. The van der Waals surface area contributed by atoms with Crippen LogP contribution < -0.4 is 11.3 Å². The van der Waals surface area contributed by atoms with Crippen molar-refractivity contribution in [3.63, 3.8) is 0 Å². The summed E-state index contributed by atoms with van der Waals surface area (Å²) in [6.07, 6.45) is 1.47. The van der Waals surface area contributed by atoms with E-state index in [0.717, 1.165) is 12.1 Å². The lowest BCUT2D eigenvalue weighted by Gasteiger charge is -2.15. The van der Waals surface area contributed by atoms with Gasteiger partial charge in [0.25, 0.3) is 5.56 Å². The van der Waals surface area contributed by atoms with Crippen molar-refractivity contribution < 1.29 is 9.31 Å². The van der Waals surface area contributed by atoms with Crippen LogP contribution in [0.5, 0.6) is 0 Å². The van der Waals surface area contributed by atoms with Crippen molar-refractivity contribution >= 4 is 22.7 Å². The molecule has 8 nitrogen and oxygen atoms in total. The van der Waals surface area contributed by atoms with Gasteiger partial charge in [0.1, 0.15) is 5.65 Å². The minimum absolute atomic E-state index is 0.0338. The highest BCUT2D eigenvalue weighted by Gasteiger charge is 2.19. The largest absolute Gasteiger partial charge is 0.368 e. The van der Waals surface area contributed by atoms with Crippen molar-refractivity contribution in [3.05, 3.63) is 56.7 Å². The average Bonchev–Trinajstić information content (AvgIpc) is 2.54. The summed E-state index contributed by atoms with van der Waals surface area (Å²) in [4.78, 5) is 31.1. The van der Waals surface area contributed by atoms with E-state index in [1.54, 1.807) is 13.8 Å². The Morgan fingerprint density at radius 3 is 2.68 bits per heavy atom. The number of halogens is 1. The predicted molar refractivity (Wildman–Crippen MR) is 90.6 cm³/mol. The third kappa shape index (κ3) is 2.80. The van der Waals surface area contributed by atoms with E-state index in [9.17, 15) is 19.3 Å². The number of nitrogens with zero attached hydrogens (tertiary/aromatic N) is 4. The van der Waals surface area contributed by atoms with Gasteiger partial charge in [0.05, 0.1) is 4.92 Å². The number of nitrogen functional groups attached to an aromatic ring is 1. The Labute approximate surface area is 140 Å². The van der Waals surface area contributed by atoms with Gasteiger partial charge in [-0.3, -0.25) is 19.5 Å². The third-order valence-corrected chi connectivity index (χ3v) is 3.76. The molecule has 0 aliphatic heterocycles. The molecular formula is C16H14FN5O3. The van der Waals surface area contributed by atoms with Crippen LogP contribution in [0.2, 0.25) is 0 Å². The lowest BCUT2D eigenvalue weighted by molar-refractivity contribution is -0.387. The fourth-order valence-corrected chi connectivity index (χ4v) is 2.64. The van der Waals surface area contributed by atoms with Gasteiger partial charge in [-0.05, 0) is 31.5 Å². The molecule has 0 atom stereocenters. The Kier molecular flexibility index (Phi) is 3.91. The number of fused-ring (bicyclic) bond motifs is 1. The quantitative estimate of drug-likeness (QED) is 0.577. The Balaban J connectivity index is 2.37. The predicted octanol–water partition coefficient (Wildman–Crippen LogP) is 2.67. The number of nitrogens with two attached hydrogens (primary N) is 1. The van der Waals surface area contributed by atoms with Gasteiger partial charge in [-0.25, -0.2) is 4.98 Å². The zero-order valence-electron chi connectivity index (χ0n) is 13.4. The van der Waals surface area contributed by atoms with Crippen LogP contribution in [-0.4, -0.2) is 19.5 Å². The smallest absolute Gasteiger partial charge is 0.305 e. The van der Waals surface area contributed by atoms with Crippen LogP contribution >= 0.6 is 0 Å². The van der Waals surface area contributed by atoms with E-state index in [1.165, 1.54) is 22.9 Å². The molecule has 0 radical (unpaired) electrons. The Morgan fingerprint density at radius 2 is 2.04 bits per heavy atom. The average molecular weight is 343 g/mol. The van der Waals surface area contributed by atoms with Gasteiger partial charge in [-0.2, -0.15) is 9.37 Å². The minimum atomic E-state index is -0.963. The molecule has 0 saturated carbocycles. The van der Waals surface area contributed by atoms with E-state index in [-0.39, 0.29) is 23.1 Å². The number of aromatic nitrogens is 3. The van der Waals surface area contributed by atoms with Gasteiger partial charge < -0.3 is 5.73 Å². The standard InChI is InChI=1S/C16H14FN5O3/c1-8(2)21-14-10(7-19-16(18)20-14)5-11(15(21)23)9-3-4-12(17)13(6-9)22(24)25/h3-8H,1-2H3,(H2,18,19,20). The van der Waals surface area contributed by atoms with Crippen LogP contribution in [0.1, 0.15) is 19.9 Å². The molecule has 0 amide bonds. The molecule has 128 valence electrons. The van der Waals surface area contributed by atoms with Gasteiger partial charge in [-0.1, -0.05) is 6.07 Å². The summed E-state index contributed by atoms with van der Waals surface area (Å²) in [5.74, 6) is -0.929. The van der Waals surface area contributed by atoms with E-state index in [2.05, 4.69) is 9.97 Å². The monoisotopic (exact) mass is 343 g/mol. The molecule has 0 unspecified atom stereocenters. The van der Waals surface area contributed by atoms with Crippen LogP contribution in [-0.2, 0) is 0 Å². The fourth-order valence-electron chi connectivity index (χ4n) is 2.64. The molecule has 3 rings (SSSR count). The Bertz CT molecular complexity index is 1060. The Morgan fingerprint density at radius 1 is 1.32 bits per heavy atom. The van der Waals surface area contributed by atoms with Crippen molar-refractivity contribution in [1.29, 1.82) is 0 Å². The van der Waals surface area contributed by atoms with Crippen molar-refractivity contribution in [2.45, 2.75) is 19.9 Å². The molecule has 0 spiro atoms. The summed E-state index contributed by atoms with van der Waals surface area (Å²) in [5, 5.41) is 11.5. The lowest BCUT2D eigenvalue weighted by atomic mass is 10.0. The number of hydrogen-bond donors (Lipinski definition) is 1. The molecule has 0 aliphatic rings. The SMILES string of the molecule is CC(C)n1c(=O)c(-c2ccc(F)c([N+](=O)[O-])c2)cc2cnc(N)nc21. The number of benzene rings is 1. The number of pyridine rings is 1. The summed E-state index contributed by atoms with van der Waals surface area (Å²) in [6, 6.07) is 4.62. The first-order chi connectivity index (χ1) is 11.8. The van der Waals surface area contributed by atoms with E-state index in [1.807, 2.05) is 0 Å². The van der Waals surface area contributed by atoms with Gasteiger partial charge in [0.15, 0.2) is 0 Å². The normalized spacial score (nSPS) is 11.2. The van der Waals surface area contributed by atoms with Gasteiger partial charge in [-0.15, -0.1) is 0 Å². The second kappa shape index (κ2) is 5.93. The second-order valence-corrected chi connectivity index (χ2v) is 5.76. The van der Waals surface area contributed by atoms with E-state index >= 15 is 0 Å². The van der Waals surface area contributed by atoms with Crippen molar-refractivity contribution in [2.75, 3.05) is 5.73 Å². The fraction of sp³-hybridized carbons (Fsp3) is 0.188.